The second-order valence-corrected chi connectivity index (χ2v) is 9.51. The first kappa shape index (κ1) is 25.5. The summed E-state index contributed by atoms with van der Waals surface area (Å²) in [4.78, 5) is 27.2. The zero-order valence-corrected chi connectivity index (χ0v) is 21.2. The van der Waals surface area contributed by atoms with Gasteiger partial charge in [0.15, 0.2) is 6.61 Å². The van der Waals surface area contributed by atoms with Gasteiger partial charge in [-0.3, -0.25) is 9.59 Å². The van der Waals surface area contributed by atoms with Gasteiger partial charge in [0.25, 0.3) is 11.8 Å². The van der Waals surface area contributed by atoms with E-state index in [-0.39, 0.29) is 34.9 Å². The molecule has 7 nitrogen and oxygen atoms in total. The number of phenolic OH excluding ortho intramolecular Hbond substituents is 1. The number of benzene rings is 3. The van der Waals surface area contributed by atoms with Gasteiger partial charge in [0.05, 0.1) is 11.2 Å². The molecule has 0 aliphatic carbocycles. The van der Waals surface area contributed by atoms with Gasteiger partial charge in [-0.25, -0.2) is 5.43 Å². The van der Waals surface area contributed by atoms with Crippen molar-refractivity contribution in [2.75, 3.05) is 13.2 Å². The number of piperidine rings is 1. The van der Waals surface area contributed by atoms with E-state index in [4.69, 9.17) is 16.3 Å². The third-order valence-corrected chi connectivity index (χ3v) is 7.03. The number of likely N-dealkylation sites (tertiary alicyclic amines) is 1. The molecule has 1 aliphatic rings. The van der Waals surface area contributed by atoms with Crippen LogP contribution in [-0.4, -0.2) is 47.2 Å². The van der Waals surface area contributed by atoms with E-state index in [0.29, 0.717) is 11.7 Å². The number of carbonyl (C=O) groups is 2. The van der Waals surface area contributed by atoms with Crippen molar-refractivity contribution in [2.45, 2.75) is 39.2 Å². The van der Waals surface area contributed by atoms with Gasteiger partial charge >= 0.3 is 0 Å². The second-order valence-electron chi connectivity index (χ2n) is 9.10. The van der Waals surface area contributed by atoms with Crippen molar-refractivity contribution in [3.63, 3.8) is 0 Å². The van der Waals surface area contributed by atoms with Gasteiger partial charge in [0.1, 0.15) is 11.5 Å². The molecule has 0 radical (unpaired) electrons. The lowest BCUT2D eigenvalue weighted by molar-refractivity contribution is -0.137. The zero-order valence-electron chi connectivity index (χ0n) is 20.4. The number of fused-ring (bicyclic) bond motifs is 1. The quantitative estimate of drug-likeness (QED) is 0.332. The minimum atomic E-state index is -0.451. The summed E-state index contributed by atoms with van der Waals surface area (Å²) >= 11 is 5.87. The highest BCUT2D eigenvalue weighted by molar-refractivity contribution is 6.32. The number of carbonyl (C=O) groups excluding carboxylic acids is 2. The number of amides is 2. The Morgan fingerprint density at radius 1 is 1.17 bits per heavy atom. The molecule has 36 heavy (non-hydrogen) atoms. The lowest BCUT2D eigenvalue weighted by Crippen LogP contribution is -2.47. The third-order valence-electron chi connectivity index (χ3n) is 6.73. The number of hydrogen-bond acceptors (Lipinski definition) is 5. The standard InChI is InChI=1S/C28H30ClN3O4/c1-3-19-9-8-18(2)32(16-19)27(34)17-36-26-13-11-21(22-6-4-5-7-23(22)26)15-30-31-28(35)20-10-12-25(33)24(29)14-20/h4-7,10-15,18-19,33H,3,8-9,16-17H2,1-2H3,(H,31,35)/b30-15+. The molecule has 188 valence electrons. The fraction of sp³-hybridized carbons (Fsp3) is 0.321. The van der Waals surface area contributed by atoms with Gasteiger partial charge in [-0.1, -0.05) is 49.2 Å². The Labute approximate surface area is 215 Å². The molecule has 0 bridgehead atoms. The summed E-state index contributed by atoms with van der Waals surface area (Å²) in [7, 11) is 0. The maximum absolute atomic E-state index is 12.9. The fourth-order valence-corrected chi connectivity index (χ4v) is 4.67. The number of hydrazone groups is 1. The SMILES string of the molecule is CCC1CCC(C)N(C(=O)COc2ccc(/C=N/NC(=O)c3ccc(O)c(Cl)c3)c3ccccc23)C1. The first-order chi connectivity index (χ1) is 17.4. The summed E-state index contributed by atoms with van der Waals surface area (Å²) in [6.07, 6.45) is 4.82. The Bertz CT molecular complexity index is 1290. The Kier molecular flexibility index (Phi) is 8.10. The van der Waals surface area contributed by atoms with Crippen molar-refractivity contribution < 1.29 is 19.4 Å². The number of ether oxygens (including phenoxy) is 1. The monoisotopic (exact) mass is 507 g/mol. The Balaban J connectivity index is 1.45. The van der Waals surface area contributed by atoms with Crippen molar-refractivity contribution in [1.29, 1.82) is 0 Å². The molecule has 0 spiro atoms. The van der Waals surface area contributed by atoms with E-state index in [1.165, 1.54) is 24.6 Å². The molecule has 0 aromatic heterocycles. The molecule has 8 heteroatoms. The van der Waals surface area contributed by atoms with E-state index in [2.05, 4.69) is 24.4 Å². The number of hydrogen-bond donors (Lipinski definition) is 2. The number of nitrogens with one attached hydrogen (secondary N) is 1. The highest BCUT2D eigenvalue weighted by Gasteiger charge is 2.28. The van der Waals surface area contributed by atoms with Gasteiger partial charge in [0, 0.05) is 29.1 Å². The first-order valence-corrected chi connectivity index (χ1v) is 12.5. The normalized spacial score (nSPS) is 17.9. The van der Waals surface area contributed by atoms with Gasteiger partial charge in [-0.2, -0.15) is 5.10 Å². The number of nitrogens with zero attached hydrogens (tertiary/aromatic N) is 2. The molecule has 1 aliphatic heterocycles. The molecule has 1 saturated heterocycles. The topological polar surface area (TPSA) is 91.2 Å². The van der Waals surface area contributed by atoms with Crippen LogP contribution in [0, 0.1) is 5.92 Å². The highest BCUT2D eigenvalue weighted by Crippen LogP contribution is 2.29. The van der Waals surface area contributed by atoms with Crippen molar-refractivity contribution in [2.24, 2.45) is 11.0 Å². The maximum Gasteiger partial charge on any atom is 0.271 e. The predicted octanol–water partition coefficient (Wildman–Crippen LogP) is 5.38. The average molecular weight is 508 g/mol. The molecule has 1 fully saturated rings. The lowest BCUT2D eigenvalue weighted by atomic mass is 9.91. The van der Waals surface area contributed by atoms with Crippen LogP contribution < -0.4 is 10.2 Å². The van der Waals surface area contributed by atoms with E-state index in [1.807, 2.05) is 41.3 Å². The van der Waals surface area contributed by atoms with Crippen LogP contribution in [0.1, 0.15) is 49.0 Å². The van der Waals surface area contributed by atoms with E-state index in [9.17, 15) is 14.7 Å². The molecule has 3 aromatic carbocycles. The predicted molar refractivity (Wildman–Crippen MR) is 142 cm³/mol. The van der Waals surface area contributed by atoms with Gasteiger partial charge < -0.3 is 14.7 Å². The summed E-state index contributed by atoms with van der Waals surface area (Å²) < 4.78 is 5.99. The summed E-state index contributed by atoms with van der Waals surface area (Å²) in [5.41, 5.74) is 3.53. The molecule has 4 rings (SSSR count). The minimum Gasteiger partial charge on any atom is -0.506 e. The molecular weight excluding hydrogens is 478 g/mol. The minimum absolute atomic E-state index is 0.00687. The smallest absolute Gasteiger partial charge is 0.271 e. The van der Waals surface area contributed by atoms with Gasteiger partial charge in [-0.15, -0.1) is 0 Å². The van der Waals surface area contributed by atoms with E-state index in [0.717, 1.165) is 35.7 Å². The Morgan fingerprint density at radius 3 is 2.69 bits per heavy atom. The van der Waals surface area contributed by atoms with Crippen LogP contribution in [0.3, 0.4) is 0 Å². The summed E-state index contributed by atoms with van der Waals surface area (Å²) in [5, 5.41) is 15.4. The molecular formula is C28H30ClN3O4. The summed E-state index contributed by atoms with van der Waals surface area (Å²) in [6, 6.07) is 15.8. The van der Waals surface area contributed by atoms with Crippen LogP contribution in [0.2, 0.25) is 5.02 Å². The molecule has 3 aromatic rings. The van der Waals surface area contributed by atoms with Crippen molar-refractivity contribution >= 4 is 40.4 Å². The lowest BCUT2D eigenvalue weighted by Gasteiger charge is -2.37. The molecule has 2 N–H and O–H groups in total. The molecule has 0 saturated carbocycles. The van der Waals surface area contributed by atoms with Crippen LogP contribution in [0.4, 0.5) is 0 Å². The molecule has 2 atom stereocenters. The fourth-order valence-electron chi connectivity index (χ4n) is 4.49. The number of phenols is 1. The Hall–Kier alpha value is -3.58. The molecule has 2 amide bonds. The number of aromatic hydroxyl groups is 1. The third kappa shape index (κ3) is 5.79. The van der Waals surface area contributed by atoms with Crippen molar-refractivity contribution in [3.8, 4) is 11.5 Å². The molecule has 1 heterocycles. The largest absolute Gasteiger partial charge is 0.506 e. The zero-order chi connectivity index (χ0) is 25.7. The Morgan fingerprint density at radius 2 is 1.94 bits per heavy atom. The average Bonchev–Trinajstić information content (AvgIpc) is 2.89. The summed E-state index contributed by atoms with van der Waals surface area (Å²) in [6.45, 7) is 5.05. The first-order valence-electron chi connectivity index (χ1n) is 12.1. The van der Waals surface area contributed by atoms with E-state index in [1.54, 1.807) is 6.21 Å². The second kappa shape index (κ2) is 11.4. The van der Waals surface area contributed by atoms with Crippen LogP contribution >= 0.6 is 11.6 Å². The van der Waals surface area contributed by atoms with E-state index >= 15 is 0 Å². The molecule has 2 unspecified atom stereocenters. The van der Waals surface area contributed by atoms with Crippen molar-refractivity contribution in [1.82, 2.24) is 10.3 Å². The van der Waals surface area contributed by atoms with Crippen LogP contribution in [0.25, 0.3) is 10.8 Å². The van der Waals surface area contributed by atoms with Gasteiger partial charge in [0.2, 0.25) is 0 Å². The number of rotatable bonds is 7. The summed E-state index contributed by atoms with van der Waals surface area (Å²) in [5.74, 6) is 0.634. The van der Waals surface area contributed by atoms with Crippen LogP contribution in [0.5, 0.6) is 11.5 Å². The van der Waals surface area contributed by atoms with Crippen LogP contribution in [-0.2, 0) is 4.79 Å². The van der Waals surface area contributed by atoms with E-state index < -0.39 is 5.91 Å². The number of halogens is 1. The maximum atomic E-state index is 12.9. The van der Waals surface area contributed by atoms with Gasteiger partial charge in [-0.05, 0) is 61.4 Å². The highest BCUT2D eigenvalue weighted by atomic mass is 35.5. The van der Waals surface area contributed by atoms with Crippen LogP contribution in [0.15, 0.2) is 59.7 Å². The van der Waals surface area contributed by atoms with Crippen molar-refractivity contribution in [3.05, 3.63) is 70.7 Å².